The first-order valence-electron chi connectivity index (χ1n) is 6.10. The largest absolute Gasteiger partial charge is 0.247 e. The van der Waals surface area contributed by atoms with Gasteiger partial charge in [-0.3, -0.25) is 0 Å². The lowest BCUT2D eigenvalue weighted by atomic mass is 10.2. The standard InChI is InChI=1S/C12H13ClN4O2S/c1-9-2-3-11(6-12(9)13)20(18,19)16-7-10(8-16)17-5-4-14-15-17/h2-6,10H,7-8H2,1H3. The van der Waals surface area contributed by atoms with Gasteiger partial charge in [0.2, 0.25) is 10.0 Å². The zero-order valence-corrected chi connectivity index (χ0v) is 12.3. The predicted octanol–water partition coefficient (Wildman–Crippen LogP) is 1.49. The fraction of sp³-hybridized carbons (Fsp3) is 0.333. The molecule has 1 aromatic carbocycles. The molecule has 0 amide bonds. The molecule has 20 heavy (non-hydrogen) atoms. The van der Waals surface area contributed by atoms with Crippen LogP contribution in [0.2, 0.25) is 5.02 Å². The Balaban J connectivity index is 1.79. The minimum atomic E-state index is -3.48. The minimum absolute atomic E-state index is 0.0493. The fourth-order valence-electron chi connectivity index (χ4n) is 2.08. The Bertz CT molecular complexity index is 724. The number of nitrogens with zero attached hydrogens (tertiary/aromatic N) is 4. The second-order valence-electron chi connectivity index (χ2n) is 4.77. The van der Waals surface area contributed by atoms with E-state index in [2.05, 4.69) is 10.3 Å². The molecule has 1 aliphatic heterocycles. The summed E-state index contributed by atoms with van der Waals surface area (Å²) in [5, 5.41) is 8.05. The van der Waals surface area contributed by atoms with E-state index in [1.807, 2.05) is 6.92 Å². The van der Waals surface area contributed by atoms with Gasteiger partial charge >= 0.3 is 0 Å². The normalized spacial score (nSPS) is 17.1. The van der Waals surface area contributed by atoms with Crippen molar-refractivity contribution in [2.45, 2.75) is 17.9 Å². The number of halogens is 1. The molecule has 0 spiro atoms. The number of hydrogen-bond donors (Lipinski definition) is 0. The van der Waals surface area contributed by atoms with Crippen LogP contribution in [0.4, 0.5) is 0 Å². The Kier molecular flexibility index (Phi) is 3.27. The molecule has 3 rings (SSSR count). The molecule has 0 radical (unpaired) electrons. The van der Waals surface area contributed by atoms with Crippen molar-refractivity contribution in [2.24, 2.45) is 0 Å². The maximum absolute atomic E-state index is 12.4. The highest BCUT2D eigenvalue weighted by Gasteiger charge is 2.38. The van der Waals surface area contributed by atoms with Crippen molar-refractivity contribution in [3.63, 3.8) is 0 Å². The topological polar surface area (TPSA) is 68.1 Å². The summed E-state index contributed by atoms with van der Waals surface area (Å²) in [5.74, 6) is 0. The molecule has 2 aromatic rings. The van der Waals surface area contributed by atoms with Crippen LogP contribution in [0.25, 0.3) is 0 Å². The van der Waals surface area contributed by atoms with E-state index in [0.29, 0.717) is 18.1 Å². The molecule has 0 N–H and O–H groups in total. The Hall–Kier alpha value is -1.44. The van der Waals surface area contributed by atoms with E-state index in [0.717, 1.165) is 5.56 Å². The number of aromatic nitrogens is 3. The van der Waals surface area contributed by atoms with Gasteiger partial charge in [-0.15, -0.1) is 5.10 Å². The second kappa shape index (κ2) is 4.83. The average Bonchev–Trinajstić information content (AvgIpc) is 2.84. The number of aryl methyl sites for hydroxylation is 1. The first kappa shape index (κ1) is 13.5. The summed E-state index contributed by atoms with van der Waals surface area (Å²) < 4.78 is 27.9. The molecule has 0 atom stereocenters. The third kappa shape index (κ3) is 2.21. The SMILES string of the molecule is Cc1ccc(S(=O)(=O)N2CC(n3ccnn3)C2)cc1Cl. The third-order valence-corrected chi connectivity index (χ3v) is 5.66. The molecule has 0 bridgehead atoms. The predicted molar refractivity (Wildman–Crippen MR) is 74.0 cm³/mol. The van der Waals surface area contributed by atoms with Crippen LogP contribution in [0.3, 0.4) is 0 Å². The zero-order valence-electron chi connectivity index (χ0n) is 10.8. The lowest BCUT2D eigenvalue weighted by molar-refractivity contribution is 0.189. The third-order valence-electron chi connectivity index (χ3n) is 3.42. The maximum atomic E-state index is 12.4. The highest BCUT2D eigenvalue weighted by Crippen LogP contribution is 2.29. The minimum Gasteiger partial charge on any atom is -0.247 e. The molecular formula is C12H13ClN4O2S. The highest BCUT2D eigenvalue weighted by molar-refractivity contribution is 7.89. The summed E-state index contributed by atoms with van der Waals surface area (Å²) in [5.41, 5.74) is 0.856. The van der Waals surface area contributed by atoms with E-state index < -0.39 is 10.0 Å². The van der Waals surface area contributed by atoms with Crippen LogP contribution in [0.15, 0.2) is 35.5 Å². The highest BCUT2D eigenvalue weighted by atomic mass is 35.5. The van der Waals surface area contributed by atoms with Crippen molar-refractivity contribution in [3.8, 4) is 0 Å². The van der Waals surface area contributed by atoms with Crippen LogP contribution in [0.1, 0.15) is 11.6 Å². The summed E-state index contributed by atoms with van der Waals surface area (Å²) >= 11 is 5.99. The summed E-state index contributed by atoms with van der Waals surface area (Å²) in [7, 11) is -3.48. The first-order valence-corrected chi connectivity index (χ1v) is 7.92. The van der Waals surface area contributed by atoms with E-state index in [9.17, 15) is 8.42 Å². The Labute approximate surface area is 122 Å². The maximum Gasteiger partial charge on any atom is 0.243 e. The Morgan fingerprint density at radius 1 is 1.35 bits per heavy atom. The summed E-state index contributed by atoms with van der Waals surface area (Å²) in [6.07, 6.45) is 3.31. The molecular weight excluding hydrogens is 300 g/mol. The fourth-order valence-corrected chi connectivity index (χ4v) is 3.86. The average molecular weight is 313 g/mol. The van der Waals surface area contributed by atoms with Gasteiger partial charge in [0, 0.05) is 24.3 Å². The van der Waals surface area contributed by atoms with Gasteiger partial charge in [0.15, 0.2) is 0 Å². The second-order valence-corrected chi connectivity index (χ2v) is 7.12. The number of rotatable bonds is 3. The van der Waals surface area contributed by atoms with Crippen LogP contribution in [0, 0.1) is 6.92 Å². The summed E-state index contributed by atoms with van der Waals surface area (Å²) in [6.45, 7) is 2.64. The van der Waals surface area contributed by atoms with Gasteiger partial charge in [-0.2, -0.15) is 4.31 Å². The molecule has 6 nitrogen and oxygen atoms in total. The van der Waals surface area contributed by atoms with Gasteiger partial charge in [0.05, 0.1) is 17.1 Å². The molecule has 0 saturated carbocycles. The first-order chi connectivity index (χ1) is 9.48. The molecule has 1 aliphatic rings. The number of benzene rings is 1. The van der Waals surface area contributed by atoms with Crippen LogP contribution >= 0.6 is 11.6 Å². The van der Waals surface area contributed by atoms with Gasteiger partial charge in [-0.05, 0) is 24.6 Å². The van der Waals surface area contributed by atoms with Crippen LogP contribution in [-0.4, -0.2) is 40.8 Å². The van der Waals surface area contributed by atoms with Crippen LogP contribution < -0.4 is 0 Å². The quantitative estimate of drug-likeness (QED) is 0.861. The molecule has 1 fully saturated rings. The smallest absolute Gasteiger partial charge is 0.243 e. The van der Waals surface area contributed by atoms with E-state index in [-0.39, 0.29) is 10.9 Å². The lowest BCUT2D eigenvalue weighted by Gasteiger charge is -2.37. The number of sulfonamides is 1. The molecule has 1 aromatic heterocycles. The van der Waals surface area contributed by atoms with Gasteiger partial charge in [0.1, 0.15) is 0 Å². The summed E-state index contributed by atoms with van der Waals surface area (Å²) in [4.78, 5) is 0.227. The van der Waals surface area contributed by atoms with Crippen molar-refractivity contribution < 1.29 is 8.42 Å². The van der Waals surface area contributed by atoms with Crippen molar-refractivity contribution in [1.29, 1.82) is 0 Å². The number of hydrogen-bond acceptors (Lipinski definition) is 4. The lowest BCUT2D eigenvalue weighted by Crippen LogP contribution is -2.50. The van der Waals surface area contributed by atoms with Crippen LogP contribution in [0.5, 0.6) is 0 Å². The molecule has 106 valence electrons. The van der Waals surface area contributed by atoms with E-state index in [1.54, 1.807) is 29.2 Å². The Morgan fingerprint density at radius 2 is 2.10 bits per heavy atom. The van der Waals surface area contributed by atoms with Gasteiger partial charge in [-0.25, -0.2) is 13.1 Å². The van der Waals surface area contributed by atoms with E-state index in [1.165, 1.54) is 10.4 Å². The molecule has 1 saturated heterocycles. The van der Waals surface area contributed by atoms with Crippen molar-refractivity contribution in [2.75, 3.05) is 13.1 Å². The van der Waals surface area contributed by atoms with Crippen molar-refractivity contribution >= 4 is 21.6 Å². The van der Waals surface area contributed by atoms with E-state index >= 15 is 0 Å². The summed E-state index contributed by atoms with van der Waals surface area (Å²) in [6, 6.07) is 4.84. The van der Waals surface area contributed by atoms with Gasteiger partial charge in [-0.1, -0.05) is 22.9 Å². The zero-order chi connectivity index (χ0) is 14.3. The van der Waals surface area contributed by atoms with Crippen molar-refractivity contribution in [3.05, 3.63) is 41.2 Å². The van der Waals surface area contributed by atoms with Crippen LogP contribution in [-0.2, 0) is 10.0 Å². The molecule has 0 unspecified atom stereocenters. The monoisotopic (exact) mass is 312 g/mol. The molecule has 2 heterocycles. The molecule has 8 heteroatoms. The van der Waals surface area contributed by atoms with Gasteiger partial charge in [0.25, 0.3) is 0 Å². The van der Waals surface area contributed by atoms with E-state index in [4.69, 9.17) is 11.6 Å². The molecule has 0 aliphatic carbocycles. The van der Waals surface area contributed by atoms with Gasteiger partial charge < -0.3 is 0 Å². The Morgan fingerprint density at radius 3 is 2.70 bits per heavy atom. The van der Waals surface area contributed by atoms with Crippen molar-refractivity contribution in [1.82, 2.24) is 19.3 Å².